The van der Waals surface area contributed by atoms with E-state index in [4.69, 9.17) is 27.9 Å². The van der Waals surface area contributed by atoms with E-state index in [9.17, 15) is 43.2 Å². The molecule has 0 radical (unpaired) electrons. The van der Waals surface area contributed by atoms with Gasteiger partial charge < -0.3 is 4.74 Å². The zero-order valence-corrected chi connectivity index (χ0v) is 21.2. The van der Waals surface area contributed by atoms with Gasteiger partial charge in [-0.15, -0.1) is 0 Å². The Labute approximate surface area is 217 Å². The fraction of sp³-hybridized carbons (Fsp3) is 0.143. The Hall–Kier alpha value is -2.68. The van der Waals surface area contributed by atoms with E-state index in [1.807, 2.05) is 0 Å². The molecule has 0 aliphatic carbocycles. The van der Waals surface area contributed by atoms with Gasteiger partial charge in [-0.05, 0) is 48.5 Å². The minimum atomic E-state index is -5.43. The van der Waals surface area contributed by atoms with Crippen LogP contribution in [0.5, 0.6) is 5.75 Å². The number of nitrogens with zero attached hydrogens (tertiary/aromatic N) is 1. The molecule has 0 N–H and O–H groups in total. The Morgan fingerprint density at radius 2 is 1.14 bits per heavy atom. The van der Waals surface area contributed by atoms with Crippen LogP contribution in [-0.2, 0) is 32.4 Å². The summed E-state index contributed by atoms with van der Waals surface area (Å²) in [4.78, 5) is -2.30. The van der Waals surface area contributed by atoms with Gasteiger partial charge in [0.2, 0.25) is 0 Å². The molecule has 0 unspecified atom stereocenters. The third-order valence-electron chi connectivity index (χ3n) is 4.78. The number of rotatable bonds is 6. The lowest BCUT2D eigenvalue weighted by molar-refractivity contribution is -0.138. The first-order chi connectivity index (χ1) is 16.9. The number of sulfonamides is 2. The van der Waals surface area contributed by atoms with Gasteiger partial charge in [0.15, 0.2) is 0 Å². The molecule has 3 rings (SSSR count). The van der Waals surface area contributed by atoms with Crippen LogP contribution in [0.2, 0.25) is 10.0 Å². The summed E-state index contributed by atoms with van der Waals surface area (Å²) < 4.78 is 139. The largest absolute Gasteiger partial charge is 0.497 e. The molecule has 0 aromatic heterocycles. The summed E-state index contributed by atoms with van der Waals surface area (Å²) in [6, 6.07) is 7.00. The summed E-state index contributed by atoms with van der Waals surface area (Å²) in [5.74, 6) is -0.0629. The summed E-state index contributed by atoms with van der Waals surface area (Å²) in [6.07, 6.45) is -10.2. The van der Waals surface area contributed by atoms with Gasteiger partial charge in [-0.3, -0.25) is 0 Å². The molecule has 0 spiro atoms. The lowest BCUT2D eigenvalue weighted by Crippen LogP contribution is -2.37. The van der Waals surface area contributed by atoms with Crippen LogP contribution < -0.4 is 8.45 Å². The van der Waals surface area contributed by atoms with Gasteiger partial charge in [0.25, 0.3) is 20.0 Å². The number of ether oxygens (including phenoxy) is 1. The second kappa shape index (κ2) is 9.89. The van der Waals surface area contributed by atoms with Crippen molar-refractivity contribution < 1.29 is 47.9 Å². The van der Waals surface area contributed by atoms with Gasteiger partial charge in [0.1, 0.15) is 5.75 Å². The molecule has 37 heavy (non-hydrogen) atoms. The second-order valence-corrected chi connectivity index (χ2v) is 11.8. The monoisotopic (exact) mass is 607 g/mol. The quantitative estimate of drug-likeness (QED) is 0.294. The smallest absolute Gasteiger partial charge is 0.417 e. The molecule has 16 heteroatoms. The van der Waals surface area contributed by atoms with Crippen molar-refractivity contribution in [1.82, 2.24) is 0 Å². The maximum atomic E-state index is 13.5. The van der Waals surface area contributed by atoms with Gasteiger partial charge in [0.05, 0.1) is 43.8 Å². The number of hydrogen-bond acceptors (Lipinski definition) is 5. The normalized spacial score (nSPS) is 12.9. The number of alkyl halides is 6. The van der Waals surface area contributed by atoms with E-state index in [1.54, 1.807) is 0 Å². The van der Waals surface area contributed by atoms with Crippen LogP contribution in [0, 0.1) is 0 Å². The molecule has 0 aliphatic heterocycles. The first-order valence-electron chi connectivity index (χ1n) is 9.59. The summed E-state index contributed by atoms with van der Waals surface area (Å²) in [5, 5.41) is -1.73. The highest BCUT2D eigenvalue weighted by Crippen LogP contribution is 2.40. The summed E-state index contributed by atoms with van der Waals surface area (Å²) >= 11 is 11.1. The van der Waals surface area contributed by atoms with Crippen LogP contribution in [-0.4, -0.2) is 23.9 Å². The molecular formula is C21H13Cl2F6NO5S2. The maximum absolute atomic E-state index is 13.5. The molecule has 0 saturated heterocycles. The predicted molar refractivity (Wildman–Crippen MR) is 123 cm³/mol. The van der Waals surface area contributed by atoms with E-state index >= 15 is 0 Å². The molecule has 0 heterocycles. The molecule has 200 valence electrons. The van der Waals surface area contributed by atoms with E-state index in [-0.39, 0.29) is 21.6 Å². The van der Waals surface area contributed by atoms with Crippen molar-refractivity contribution in [1.29, 1.82) is 0 Å². The van der Waals surface area contributed by atoms with Gasteiger partial charge in [-0.1, -0.05) is 29.3 Å². The summed E-state index contributed by atoms with van der Waals surface area (Å²) in [5.41, 5.74) is -3.82. The molecule has 6 nitrogen and oxygen atoms in total. The zero-order chi connectivity index (χ0) is 28.0. The Balaban J connectivity index is 2.35. The highest BCUT2D eigenvalue weighted by atomic mass is 35.5. The topological polar surface area (TPSA) is 80.8 Å². The second-order valence-electron chi connectivity index (χ2n) is 7.19. The van der Waals surface area contributed by atoms with Crippen molar-refractivity contribution in [3.63, 3.8) is 0 Å². The number of anilines is 1. The van der Waals surface area contributed by atoms with Crippen molar-refractivity contribution in [3.05, 3.63) is 81.8 Å². The van der Waals surface area contributed by atoms with E-state index in [1.165, 1.54) is 6.07 Å². The third-order valence-corrected chi connectivity index (χ3v) is 9.61. The minimum absolute atomic E-state index is 0.0629. The van der Waals surface area contributed by atoms with Crippen LogP contribution in [0.3, 0.4) is 0 Å². The van der Waals surface area contributed by atoms with Gasteiger partial charge in [-0.2, -0.15) is 30.1 Å². The number of hydrogen-bond donors (Lipinski definition) is 0. The lowest BCUT2D eigenvalue weighted by atomic mass is 10.2. The number of benzene rings is 3. The van der Waals surface area contributed by atoms with Crippen LogP contribution in [0.4, 0.5) is 32.0 Å². The highest BCUT2D eigenvalue weighted by molar-refractivity contribution is 8.10. The first kappa shape index (κ1) is 28.9. The molecule has 3 aromatic rings. The molecule has 0 bridgehead atoms. The van der Waals surface area contributed by atoms with Gasteiger partial charge in [0, 0.05) is 6.07 Å². The average molecular weight is 608 g/mol. The minimum Gasteiger partial charge on any atom is -0.497 e. The predicted octanol–water partition coefficient (Wildman–Crippen LogP) is 6.62. The molecule has 0 amide bonds. The first-order valence-corrected chi connectivity index (χ1v) is 13.2. The average Bonchev–Trinajstić information content (AvgIpc) is 2.77. The van der Waals surface area contributed by atoms with Crippen molar-refractivity contribution in [2.24, 2.45) is 0 Å². The SMILES string of the molecule is COc1cccc(N(S(=O)(=O)c2ccc(Cl)c(C(F)(F)F)c2)S(=O)(=O)c2ccc(Cl)c(C(F)(F)F)c2)c1. The van der Waals surface area contributed by atoms with Crippen LogP contribution in [0.25, 0.3) is 0 Å². The Morgan fingerprint density at radius 1 is 0.703 bits per heavy atom. The summed E-state index contributed by atoms with van der Waals surface area (Å²) in [7, 11) is -9.69. The number of halogens is 8. The van der Waals surface area contributed by atoms with E-state index in [0.717, 1.165) is 25.3 Å². The zero-order valence-electron chi connectivity index (χ0n) is 18.1. The number of methoxy groups -OCH3 is 1. The van der Waals surface area contributed by atoms with Crippen LogP contribution in [0.15, 0.2) is 70.5 Å². The van der Waals surface area contributed by atoms with Crippen LogP contribution in [0.1, 0.15) is 11.1 Å². The molecule has 0 aliphatic rings. The molecule has 0 atom stereocenters. The van der Waals surface area contributed by atoms with Crippen molar-refractivity contribution in [2.75, 3.05) is 10.8 Å². The van der Waals surface area contributed by atoms with Crippen LogP contribution >= 0.6 is 23.2 Å². The van der Waals surface area contributed by atoms with E-state index in [2.05, 4.69) is 0 Å². The highest BCUT2D eigenvalue weighted by Gasteiger charge is 2.41. The summed E-state index contributed by atoms with van der Waals surface area (Å²) in [6.45, 7) is 0. The molecule has 0 fully saturated rings. The van der Waals surface area contributed by atoms with E-state index in [0.29, 0.717) is 24.3 Å². The van der Waals surface area contributed by atoms with Crippen molar-refractivity contribution in [3.8, 4) is 5.75 Å². The third kappa shape index (κ3) is 5.76. The molecule has 0 saturated carbocycles. The van der Waals surface area contributed by atoms with E-state index < -0.39 is 69.0 Å². The Bertz CT molecular complexity index is 1460. The fourth-order valence-corrected chi connectivity index (χ4v) is 7.26. The van der Waals surface area contributed by atoms with Gasteiger partial charge >= 0.3 is 12.4 Å². The fourth-order valence-electron chi connectivity index (χ4n) is 3.09. The lowest BCUT2D eigenvalue weighted by Gasteiger charge is -2.25. The maximum Gasteiger partial charge on any atom is 0.417 e. The standard InChI is InChI=1S/C21H13Cl2F6NO5S2/c1-35-13-4-2-3-12(9-13)30(36(31,32)14-5-7-18(22)16(10-14)20(24,25)26)37(33,34)15-6-8-19(23)17(11-15)21(27,28)29/h2-11H,1H3. The Morgan fingerprint density at radius 3 is 1.51 bits per heavy atom. The Kier molecular flexibility index (Phi) is 7.72. The van der Waals surface area contributed by atoms with Gasteiger partial charge in [-0.25, -0.2) is 16.8 Å². The van der Waals surface area contributed by atoms with Crippen molar-refractivity contribution >= 4 is 48.9 Å². The van der Waals surface area contributed by atoms with Crippen molar-refractivity contribution in [2.45, 2.75) is 22.1 Å². The molecular weight excluding hydrogens is 595 g/mol. The molecule has 3 aromatic carbocycles.